The van der Waals surface area contributed by atoms with E-state index in [1.54, 1.807) is 0 Å². The van der Waals surface area contributed by atoms with Crippen LogP contribution in [0.2, 0.25) is 0 Å². The summed E-state index contributed by atoms with van der Waals surface area (Å²) in [4.78, 5) is 2.06. The normalized spacial score (nSPS) is 22.5. The average Bonchev–Trinajstić information content (AvgIpc) is 2.30. The summed E-state index contributed by atoms with van der Waals surface area (Å²) in [5, 5.41) is 15.5. The third-order valence-corrected chi connectivity index (χ3v) is 2.81. The lowest BCUT2D eigenvalue weighted by Gasteiger charge is -2.21. The molecule has 0 radical (unpaired) electrons. The maximum Gasteiger partial charge on any atom is 0.185 e. The first-order valence-electron chi connectivity index (χ1n) is 3.71. The Balaban J connectivity index is 2.55. The first-order chi connectivity index (χ1) is 5.66. The maximum atomic E-state index is 8.39. The number of hydrazone groups is 1. The number of thioether (sulfide) groups is 1. The van der Waals surface area contributed by atoms with E-state index in [1.165, 1.54) is 11.8 Å². The molecule has 1 aliphatic rings. The second-order valence-electron chi connectivity index (χ2n) is 2.65. The van der Waals surface area contributed by atoms with E-state index >= 15 is 0 Å². The molecule has 4 nitrogen and oxygen atoms in total. The molecule has 0 fully saturated rings. The van der Waals surface area contributed by atoms with Crippen molar-refractivity contribution < 1.29 is 0 Å². The Morgan fingerprint density at radius 2 is 2.33 bits per heavy atom. The minimum absolute atomic E-state index is 0.297. The van der Waals surface area contributed by atoms with Crippen molar-refractivity contribution in [2.45, 2.75) is 13.1 Å². The molecule has 0 N–H and O–H groups in total. The van der Waals surface area contributed by atoms with E-state index in [9.17, 15) is 0 Å². The van der Waals surface area contributed by atoms with E-state index in [2.05, 4.69) is 23.0 Å². The molecule has 0 amide bonds. The van der Waals surface area contributed by atoms with Gasteiger partial charge in [-0.25, -0.2) is 0 Å². The van der Waals surface area contributed by atoms with Crippen LogP contribution < -0.4 is 0 Å². The third kappa shape index (κ3) is 1.64. The van der Waals surface area contributed by atoms with E-state index in [-0.39, 0.29) is 0 Å². The topological polar surface area (TPSA) is 42.6 Å². The van der Waals surface area contributed by atoms with Crippen molar-refractivity contribution >= 4 is 16.9 Å². The molecule has 0 spiro atoms. The van der Waals surface area contributed by atoms with Crippen LogP contribution in [0, 0.1) is 11.3 Å². The van der Waals surface area contributed by atoms with Crippen molar-refractivity contribution in [1.82, 2.24) is 9.91 Å². The summed E-state index contributed by atoms with van der Waals surface area (Å²) >= 11 is 1.47. The lowest BCUT2D eigenvalue weighted by molar-refractivity contribution is 0.200. The van der Waals surface area contributed by atoms with Crippen LogP contribution in [0.5, 0.6) is 0 Å². The van der Waals surface area contributed by atoms with Crippen molar-refractivity contribution in [3.63, 3.8) is 0 Å². The van der Waals surface area contributed by atoms with Gasteiger partial charge in [-0.1, -0.05) is 11.8 Å². The number of rotatable bonds is 1. The summed E-state index contributed by atoms with van der Waals surface area (Å²) in [7, 11) is 3.92. The average molecular weight is 184 g/mol. The first-order valence-corrected chi connectivity index (χ1v) is 4.69. The molecule has 0 saturated heterocycles. The molecule has 5 heteroatoms. The number of nitriles is 1. The molecule has 1 heterocycles. The van der Waals surface area contributed by atoms with Gasteiger partial charge in [0.2, 0.25) is 0 Å². The second kappa shape index (κ2) is 3.68. The Morgan fingerprint density at radius 1 is 1.67 bits per heavy atom. The van der Waals surface area contributed by atoms with Crippen molar-refractivity contribution in [3.8, 4) is 6.07 Å². The first kappa shape index (κ1) is 9.20. The molecule has 0 bridgehead atoms. The molecule has 0 saturated carbocycles. The number of hydrogen-bond acceptors (Lipinski definition) is 5. The Kier molecular flexibility index (Phi) is 2.82. The smallest absolute Gasteiger partial charge is 0.185 e. The molecule has 0 aromatic carbocycles. The van der Waals surface area contributed by atoms with E-state index in [1.807, 2.05) is 19.1 Å². The lowest BCUT2D eigenvalue weighted by atomic mass is 10.5. The van der Waals surface area contributed by atoms with E-state index in [0.29, 0.717) is 11.9 Å². The number of nitrogens with zero attached hydrogens (tertiary/aromatic N) is 4. The fourth-order valence-corrected chi connectivity index (χ4v) is 1.66. The maximum absolute atomic E-state index is 8.39. The zero-order valence-corrected chi connectivity index (χ0v) is 8.30. The van der Waals surface area contributed by atoms with Gasteiger partial charge in [0.1, 0.15) is 6.17 Å². The summed E-state index contributed by atoms with van der Waals surface area (Å²) in [6, 6.07) is 2.08. The molecule has 0 aliphatic carbocycles. The van der Waals surface area contributed by atoms with E-state index in [4.69, 9.17) is 5.26 Å². The molecule has 1 unspecified atom stereocenters. The summed E-state index contributed by atoms with van der Waals surface area (Å²) in [5.41, 5.74) is 0. The highest BCUT2D eigenvalue weighted by Crippen LogP contribution is 2.18. The zero-order valence-electron chi connectivity index (χ0n) is 7.48. The van der Waals surface area contributed by atoms with Crippen molar-refractivity contribution in [1.29, 1.82) is 5.26 Å². The van der Waals surface area contributed by atoms with Crippen LogP contribution in [0.3, 0.4) is 0 Å². The van der Waals surface area contributed by atoms with Gasteiger partial charge in [0, 0.05) is 14.1 Å². The van der Waals surface area contributed by atoms with Gasteiger partial charge in [0.05, 0.1) is 11.8 Å². The molecule has 66 valence electrons. The highest BCUT2D eigenvalue weighted by Gasteiger charge is 2.24. The van der Waals surface area contributed by atoms with E-state index < -0.39 is 0 Å². The van der Waals surface area contributed by atoms with E-state index in [0.717, 1.165) is 5.17 Å². The minimum Gasteiger partial charge on any atom is -0.331 e. The molecular weight excluding hydrogens is 172 g/mol. The van der Waals surface area contributed by atoms with Crippen LogP contribution in [0.1, 0.15) is 6.92 Å². The lowest BCUT2D eigenvalue weighted by Crippen LogP contribution is -2.34. The number of amidine groups is 1. The highest BCUT2D eigenvalue weighted by atomic mass is 32.2. The third-order valence-electron chi connectivity index (χ3n) is 1.91. The largest absolute Gasteiger partial charge is 0.331 e. The van der Waals surface area contributed by atoms with Gasteiger partial charge >= 0.3 is 0 Å². The van der Waals surface area contributed by atoms with Crippen LogP contribution in [-0.2, 0) is 0 Å². The highest BCUT2D eigenvalue weighted by molar-refractivity contribution is 8.13. The van der Waals surface area contributed by atoms with Crippen molar-refractivity contribution in [2.24, 2.45) is 5.10 Å². The summed E-state index contributed by atoms with van der Waals surface area (Å²) in [6.45, 7) is 2.07. The minimum atomic E-state index is 0.297. The molecule has 1 atom stereocenters. The van der Waals surface area contributed by atoms with Crippen LogP contribution in [0.25, 0.3) is 0 Å². The van der Waals surface area contributed by atoms with Crippen molar-refractivity contribution in [2.75, 3.05) is 19.8 Å². The van der Waals surface area contributed by atoms with Gasteiger partial charge in [0.25, 0.3) is 0 Å². The summed E-state index contributed by atoms with van der Waals surface area (Å²) in [6.07, 6.45) is 0.297. The zero-order chi connectivity index (χ0) is 9.14. The molecule has 0 aromatic rings. The van der Waals surface area contributed by atoms with Crippen LogP contribution in [0.4, 0.5) is 0 Å². The Bertz CT molecular complexity index is 232. The van der Waals surface area contributed by atoms with Crippen LogP contribution in [-0.4, -0.2) is 41.1 Å². The Hall–Kier alpha value is -0.890. The molecular formula is C7H12N4S. The van der Waals surface area contributed by atoms with Gasteiger partial charge in [-0.3, -0.25) is 5.01 Å². The fourth-order valence-electron chi connectivity index (χ4n) is 0.927. The van der Waals surface area contributed by atoms with Gasteiger partial charge in [-0.2, -0.15) is 10.4 Å². The molecule has 1 rings (SSSR count). The fraction of sp³-hybridized carbons (Fsp3) is 0.714. The molecule has 0 aromatic heterocycles. The van der Waals surface area contributed by atoms with Gasteiger partial charge < -0.3 is 4.90 Å². The standard InChI is InChI=1S/C7H12N4S/c1-6-10(2)7(9-11(6)3)12-5-4-8/h6H,5H2,1-3H3. The molecule has 12 heavy (non-hydrogen) atoms. The van der Waals surface area contributed by atoms with Crippen molar-refractivity contribution in [3.05, 3.63) is 0 Å². The Labute approximate surface area is 76.8 Å². The quantitative estimate of drug-likeness (QED) is 0.602. The molecule has 1 aliphatic heterocycles. The SMILES string of the molecule is CC1N(C)N=C(SCC#N)N1C. The predicted octanol–water partition coefficient (Wildman–Crippen LogP) is 0.737. The number of hydrogen-bond donors (Lipinski definition) is 0. The monoisotopic (exact) mass is 184 g/mol. The van der Waals surface area contributed by atoms with Crippen LogP contribution in [0.15, 0.2) is 5.10 Å². The van der Waals surface area contributed by atoms with Gasteiger partial charge in [-0.05, 0) is 6.92 Å². The van der Waals surface area contributed by atoms with Crippen LogP contribution >= 0.6 is 11.8 Å². The van der Waals surface area contributed by atoms with Gasteiger partial charge in [-0.15, -0.1) is 0 Å². The van der Waals surface area contributed by atoms with Gasteiger partial charge in [0.15, 0.2) is 5.17 Å². The second-order valence-corrected chi connectivity index (χ2v) is 3.59. The summed E-state index contributed by atoms with van der Waals surface area (Å²) in [5.74, 6) is 0.462. The Morgan fingerprint density at radius 3 is 2.75 bits per heavy atom. The predicted molar refractivity (Wildman–Crippen MR) is 50.5 cm³/mol. The summed E-state index contributed by atoms with van der Waals surface area (Å²) < 4.78 is 0.